The Labute approximate surface area is 118 Å². The van der Waals surface area contributed by atoms with Crippen molar-refractivity contribution >= 4 is 11.6 Å². The highest BCUT2D eigenvalue weighted by Crippen LogP contribution is 2.45. The van der Waals surface area contributed by atoms with E-state index in [4.69, 9.17) is 21.1 Å². The summed E-state index contributed by atoms with van der Waals surface area (Å²) in [5.41, 5.74) is 0.525. The summed E-state index contributed by atoms with van der Waals surface area (Å²) in [6, 6.07) is 5.46. The van der Waals surface area contributed by atoms with Crippen LogP contribution in [0.5, 0.6) is 5.75 Å². The molecule has 0 radical (unpaired) electrons. The van der Waals surface area contributed by atoms with Crippen LogP contribution in [-0.4, -0.2) is 23.4 Å². The minimum absolute atomic E-state index is 0.231. The highest BCUT2D eigenvalue weighted by molar-refractivity contribution is 6.30. The minimum Gasteiger partial charge on any atom is -0.487 e. The highest BCUT2D eigenvalue weighted by atomic mass is 35.5. The summed E-state index contributed by atoms with van der Waals surface area (Å²) in [6.07, 6.45) is 3.02. The molecule has 3 nitrogen and oxygen atoms in total. The van der Waals surface area contributed by atoms with E-state index in [0.717, 1.165) is 30.6 Å². The quantitative estimate of drug-likeness (QED) is 0.857. The van der Waals surface area contributed by atoms with Gasteiger partial charge in [-0.05, 0) is 24.6 Å². The molecule has 2 heterocycles. The second kappa shape index (κ2) is 4.97. The number of aliphatic hydroxyl groups is 1. The lowest BCUT2D eigenvalue weighted by atomic mass is 9.80. The third kappa shape index (κ3) is 2.47. The normalized spacial score (nSPS) is 33.8. The maximum absolute atomic E-state index is 10.4. The van der Waals surface area contributed by atoms with E-state index < -0.39 is 6.10 Å². The van der Waals surface area contributed by atoms with E-state index in [9.17, 15) is 5.11 Å². The topological polar surface area (TPSA) is 38.7 Å². The first-order valence-electron chi connectivity index (χ1n) is 6.90. The molecule has 104 valence electrons. The van der Waals surface area contributed by atoms with Crippen LogP contribution in [0, 0.1) is 0 Å². The second-order valence-electron chi connectivity index (χ2n) is 5.54. The molecule has 3 atom stereocenters. The van der Waals surface area contributed by atoms with Gasteiger partial charge in [0.05, 0.1) is 18.8 Å². The summed E-state index contributed by atoms with van der Waals surface area (Å²) < 4.78 is 11.9. The van der Waals surface area contributed by atoms with E-state index in [1.165, 1.54) is 0 Å². The predicted octanol–water partition coefficient (Wildman–Crippen LogP) is 3.48. The van der Waals surface area contributed by atoms with Gasteiger partial charge in [0.15, 0.2) is 0 Å². The maximum Gasteiger partial charge on any atom is 0.126 e. The van der Waals surface area contributed by atoms with E-state index >= 15 is 0 Å². The number of rotatable bonds is 1. The van der Waals surface area contributed by atoms with Crippen molar-refractivity contribution in [2.45, 2.75) is 50.4 Å². The van der Waals surface area contributed by atoms with Crippen molar-refractivity contribution in [1.82, 2.24) is 0 Å². The Bertz CT molecular complexity index is 476. The fraction of sp³-hybridized carbons (Fsp3) is 0.600. The lowest BCUT2D eigenvalue weighted by molar-refractivity contribution is -0.116. The molecule has 3 rings (SSSR count). The molecule has 0 bridgehead atoms. The van der Waals surface area contributed by atoms with Gasteiger partial charge in [0.25, 0.3) is 0 Å². The van der Waals surface area contributed by atoms with Gasteiger partial charge in [0.2, 0.25) is 0 Å². The van der Waals surface area contributed by atoms with Crippen molar-refractivity contribution in [3.63, 3.8) is 0 Å². The van der Waals surface area contributed by atoms with Crippen LogP contribution < -0.4 is 4.74 Å². The first-order chi connectivity index (χ1) is 9.12. The molecule has 0 amide bonds. The fourth-order valence-corrected chi connectivity index (χ4v) is 3.32. The summed E-state index contributed by atoms with van der Waals surface area (Å²) >= 11 is 5.98. The number of hydrogen-bond donors (Lipinski definition) is 1. The molecule has 1 fully saturated rings. The zero-order valence-corrected chi connectivity index (χ0v) is 11.8. The number of hydrogen-bond acceptors (Lipinski definition) is 3. The molecule has 4 heteroatoms. The van der Waals surface area contributed by atoms with Crippen LogP contribution in [0.4, 0.5) is 0 Å². The van der Waals surface area contributed by atoms with E-state index in [1.54, 1.807) is 6.07 Å². The molecule has 0 saturated carbocycles. The Hall–Kier alpha value is -0.770. The Morgan fingerprint density at radius 3 is 3.05 bits per heavy atom. The van der Waals surface area contributed by atoms with Crippen molar-refractivity contribution in [1.29, 1.82) is 0 Å². The number of aliphatic hydroxyl groups excluding tert-OH is 1. The Kier molecular flexibility index (Phi) is 3.46. The summed E-state index contributed by atoms with van der Waals surface area (Å²) in [4.78, 5) is 0. The Morgan fingerprint density at radius 1 is 1.42 bits per heavy atom. The van der Waals surface area contributed by atoms with E-state index in [1.807, 2.05) is 12.1 Å². The largest absolute Gasteiger partial charge is 0.487 e. The number of ether oxygens (including phenoxy) is 2. The molecule has 1 saturated heterocycles. The lowest BCUT2D eigenvalue weighted by Gasteiger charge is -2.45. The first kappa shape index (κ1) is 13.2. The summed E-state index contributed by atoms with van der Waals surface area (Å²) in [5, 5.41) is 11.0. The van der Waals surface area contributed by atoms with Gasteiger partial charge in [-0.3, -0.25) is 0 Å². The Balaban J connectivity index is 1.89. The molecule has 1 N–H and O–H groups in total. The molecule has 1 aromatic carbocycles. The molecule has 0 aliphatic carbocycles. The molecule has 0 aromatic heterocycles. The Morgan fingerprint density at radius 2 is 2.26 bits per heavy atom. The lowest BCUT2D eigenvalue weighted by Crippen LogP contribution is -2.48. The third-order valence-corrected chi connectivity index (χ3v) is 4.42. The number of halogens is 1. The molecule has 1 aromatic rings. The van der Waals surface area contributed by atoms with Gasteiger partial charge in [-0.25, -0.2) is 0 Å². The standard InChI is InChI=1S/C15H19ClO3/c1-2-11-8-15(5-6-18-11)9-13(17)12-7-10(16)3-4-14(12)19-15/h3-4,7,11,13,17H,2,5-6,8-9H2,1H3/t11?,13-,15?/m0/s1. The molecule has 2 aliphatic rings. The monoisotopic (exact) mass is 282 g/mol. The van der Waals surface area contributed by atoms with Crippen molar-refractivity contribution in [2.75, 3.05) is 6.61 Å². The third-order valence-electron chi connectivity index (χ3n) is 4.19. The van der Waals surface area contributed by atoms with Gasteiger partial charge >= 0.3 is 0 Å². The molecule has 2 unspecified atom stereocenters. The van der Waals surface area contributed by atoms with E-state index in [2.05, 4.69) is 6.92 Å². The van der Waals surface area contributed by atoms with Crippen LogP contribution >= 0.6 is 11.6 Å². The van der Waals surface area contributed by atoms with E-state index in [-0.39, 0.29) is 11.7 Å². The molecular formula is C15H19ClO3. The van der Waals surface area contributed by atoms with Gasteiger partial charge in [-0.2, -0.15) is 0 Å². The summed E-state index contributed by atoms with van der Waals surface area (Å²) in [7, 11) is 0. The van der Waals surface area contributed by atoms with Gasteiger partial charge in [0, 0.05) is 29.8 Å². The van der Waals surface area contributed by atoms with E-state index in [0.29, 0.717) is 18.1 Å². The van der Waals surface area contributed by atoms with Crippen LogP contribution in [0.3, 0.4) is 0 Å². The van der Waals surface area contributed by atoms with Crippen molar-refractivity contribution in [3.05, 3.63) is 28.8 Å². The smallest absolute Gasteiger partial charge is 0.126 e. The molecule has 1 spiro atoms. The zero-order chi connectivity index (χ0) is 13.5. The van der Waals surface area contributed by atoms with Gasteiger partial charge in [-0.1, -0.05) is 18.5 Å². The van der Waals surface area contributed by atoms with Crippen molar-refractivity contribution in [2.24, 2.45) is 0 Å². The zero-order valence-electron chi connectivity index (χ0n) is 11.1. The van der Waals surface area contributed by atoms with Gasteiger partial charge in [0.1, 0.15) is 11.4 Å². The molecule has 19 heavy (non-hydrogen) atoms. The van der Waals surface area contributed by atoms with Crippen LogP contribution in [0.15, 0.2) is 18.2 Å². The SMILES string of the molecule is CCC1CC2(CCO1)C[C@H](O)c1cc(Cl)ccc1O2. The van der Waals surface area contributed by atoms with Gasteiger partial charge in [-0.15, -0.1) is 0 Å². The molecular weight excluding hydrogens is 264 g/mol. The van der Waals surface area contributed by atoms with Crippen LogP contribution in [-0.2, 0) is 4.74 Å². The average molecular weight is 283 g/mol. The van der Waals surface area contributed by atoms with Crippen LogP contribution in [0.1, 0.15) is 44.3 Å². The van der Waals surface area contributed by atoms with Gasteiger partial charge < -0.3 is 14.6 Å². The second-order valence-corrected chi connectivity index (χ2v) is 5.98. The number of fused-ring (bicyclic) bond motifs is 1. The summed E-state index contributed by atoms with van der Waals surface area (Å²) in [5.74, 6) is 0.764. The summed E-state index contributed by atoms with van der Waals surface area (Å²) in [6.45, 7) is 2.82. The van der Waals surface area contributed by atoms with Crippen LogP contribution in [0.2, 0.25) is 5.02 Å². The first-order valence-corrected chi connectivity index (χ1v) is 7.28. The predicted molar refractivity (Wildman–Crippen MR) is 73.7 cm³/mol. The fourth-order valence-electron chi connectivity index (χ4n) is 3.14. The van der Waals surface area contributed by atoms with Crippen LogP contribution in [0.25, 0.3) is 0 Å². The molecule has 2 aliphatic heterocycles. The van der Waals surface area contributed by atoms with Crippen molar-refractivity contribution in [3.8, 4) is 5.75 Å². The average Bonchev–Trinajstić information content (AvgIpc) is 2.40. The van der Waals surface area contributed by atoms with Crippen molar-refractivity contribution < 1.29 is 14.6 Å². The minimum atomic E-state index is -0.502. The maximum atomic E-state index is 10.4. The number of benzene rings is 1. The highest BCUT2D eigenvalue weighted by Gasteiger charge is 2.44.